The zero-order valence-electron chi connectivity index (χ0n) is 39.9. The van der Waals surface area contributed by atoms with Gasteiger partial charge in [-0.15, -0.1) is 0 Å². The summed E-state index contributed by atoms with van der Waals surface area (Å²) in [6.45, 7) is 10.8. The average Bonchev–Trinajstić information content (AvgIpc) is 3.82. The van der Waals surface area contributed by atoms with Crippen LogP contribution in [-0.4, -0.2) is 117 Å². The largest absolute Gasteiger partial charge is 0.495 e. The van der Waals surface area contributed by atoms with Crippen LogP contribution in [0, 0.1) is 0 Å². The first kappa shape index (κ1) is 54.7. The van der Waals surface area contributed by atoms with E-state index in [-0.39, 0.29) is 12.7 Å². The van der Waals surface area contributed by atoms with E-state index in [1.807, 2.05) is 24.3 Å². The molecule has 8 rings (SSSR count). The summed E-state index contributed by atoms with van der Waals surface area (Å²) >= 11 is 18.5. The Balaban J connectivity index is 0.000000217. The summed E-state index contributed by atoms with van der Waals surface area (Å²) in [6, 6.07) is 12.9. The van der Waals surface area contributed by atoms with E-state index in [0.717, 1.165) is 56.7 Å². The molecular formula is C49H77Cl3N14O2. The van der Waals surface area contributed by atoms with E-state index in [2.05, 4.69) is 75.2 Å². The second-order valence-electron chi connectivity index (χ2n) is 17.6. The van der Waals surface area contributed by atoms with Crippen molar-refractivity contribution < 1.29 is 9.47 Å². The molecule has 2 atom stereocenters. The first-order valence-corrected chi connectivity index (χ1v) is 25.6. The van der Waals surface area contributed by atoms with Gasteiger partial charge in [-0.05, 0) is 126 Å². The molecule has 376 valence electrons. The third-order valence-corrected chi connectivity index (χ3v) is 13.8. The van der Waals surface area contributed by atoms with Gasteiger partial charge in [0.05, 0.1) is 24.3 Å². The molecule has 16 nitrogen and oxygen atoms in total. The number of rotatable bonds is 16. The summed E-state index contributed by atoms with van der Waals surface area (Å²) in [5, 5.41) is 18.0. The Morgan fingerprint density at radius 1 is 0.559 bits per heavy atom. The van der Waals surface area contributed by atoms with E-state index in [4.69, 9.17) is 55.0 Å². The molecule has 4 aromatic rings. The van der Waals surface area contributed by atoms with Crippen LogP contribution in [0.25, 0.3) is 0 Å². The maximum absolute atomic E-state index is 6.30. The van der Waals surface area contributed by atoms with Gasteiger partial charge in [0.1, 0.15) is 11.5 Å². The second kappa shape index (κ2) is 29.1. The van der Waals surface area contributed by atoms with Crippen molar-refractivity contribution in [3.63, 3.8) is 0 Å². The molecule has 2 aromatic heterocycles. The van der Waals surface area contributed by atoms with Crippen molar-refractivity contribution in [2.75, 3.05) is 80.1 Å². The van der Waals surface area contributed by atoms with Crippen molar-refractivity contribution in [1.82, 2.24) is 39.7 Å². The molecule has 0 spiro atoms. The predicted octanol–water partition coefficient (Wildman–Crippen LogP) is 11.4. The third-order valence-electron chi connectivity index (χ3n) is 13.0. The van der Waals surface area contributed by atoms with Crippen LogP contribution in [-0.2, 0) is 0 Å². The normalized spacial score (nSPS) is 19.2. The van der Waals surface area contributed by atoms with Crippen molar-refractivity contribution >= 4 is 75.9 Å². The Morgan fingerprint density at radius 3 is 1.44 bits per heavy atom. The monoisotopic (exact) mass is 999 g/mol. The summed E-state index contributed by atoms with van der Waals surface area (Å²) in [5.41, 5.74) is 7.10. The minimum Gasteiger partial charge on any atom is -0.495 e. The quantitative estimate of drug-likeness (QED) is 0.0581. The molecule has 19 heteroatoms. The lowest BCUT2D eigenvalue weighted by Crippen LogP contribution is -2.35. The summed E-state index contributed by atoms with van der Waals surface area (Å²) in [7, 11) is 3.18. The zero-order chi connectivity index (χ0) is 47.4. The number of likely N-dealkylation sites (tertiary alicyclic amines) is 2. The van der Waals surface area contributed by atoms with Crippen LogP contribution in [0.5, 0.6) is 11.5 Å². The van der Waals surface area contributed by atoms with Crippen LogP contribution < -0.4 is 41.8 Å². The first-order valence-electron chi connectivity index (χ1n) is 24.5. The highest BCUT2D eigenvalue weighted by atomic mass is 35.5. The maximum Gasteiger partial charge on any atom is 0.233 e. The Hall–Kier alpha value is -4.19. The lowest BCUT2D eigenvalue weighted by molar-refractivity contribution is 0.272. The minimum absolute atomic E-state index is 0. The summed E-state index contributed by atoms with van der Waals surface area (Å²) in [5.74, 6) is 3.80. The van der Waals surface area contributed by atoms with Gasteiger partial charge < -0.3 is 41.8 Å². The van der Waals surface area contributed by atoms with Crippen LogP contribution in [0.1, 0.15) is 124 Å². The van der Waals surface area contributed by atoms with Gasteiger partial charge in [0, 0.05) is 48.6 Å². The van der Waals surface area contributed by atoms with E-state index in [1.54, 1.807) is 26.4 Å². The van der Waals surface area contributed by atoms with Crippen molar-refractivity contribution in [2.24, 2.45) is 5.73 Å². The topological polar surface area (TPSA) is 188 Å². The number of hydrogen-bond donors (Lipinski definition) is 6. The Morgan fingerprint density at radius 2 is 0.985 bits per heavy atom. The number of likely N-dealkylation sites (N-methyl/N-ethyl adjacent to an activating group) is 2. The van der Waals surface area contributed by atoms with Crippen LogP contribution in [0.3, 0.4) is 0 Å². The number of nitrogens with zero attached hydrogens (tertiary/aromatic N) is 8. The molecule has 2 aromatic carbocycles. The fourth-order valence-electron chi connectivity index (χ4n) is 9.34. The summed E-state index contributed by atoms with van der Waals surface area (Å²) in [4.78, 5) is 31.7. The maximum atomic E-state index is 6.30. The van der Waals surface area contributed by atoms with E-state index in [9.17, 15) is 0 Å². The molecule has 2 unspecified atom stereocenters. The smallest absolute Gasteiger partial charge is 0.233 e. The second-order valence-corrected chi connectivity index (χ2v) is 18.8. The molecule has 4 fully saturated rings. The third kappa shape index (κ3) is 17.3. The molecule has 0 radical (unpaired) electrons. The number of methoxy groups -OCH3 is 2. The molecule has 68 heavy (non-hydrogen) atoms. The Bertz CT molecular complexity index is 2080. The molecule has 0 amide bonds. The number of hydrogen-bond acceptors (Lipinski definition) is 16. The Kier molecular flexibility index (Phi) is 23.4. The van der Waals surface area contributed by atoms with Crippen molar-refractivity contribution in [3.8, 4) is 11.5 Å². The summed E-state index contributed by atoms with van der Waals surface area (Å²) < 4.78 is 10.4. The lowest BCUT2D eigenvalue weighted by Gasteiger charge is -2.23. The fraction of sp³-hybridized carbons (Fsp3) is 0.633. The van der Waals surface area contributed by atoms with Gasteiger partial charge >= 0.3 is 0 Å². The number of ether oxygens (including phenoxy) is 2. The standard InChI is InChI=1S/C24H36ClN7O.C17H21Cl2N5O.C7H16N2.CH4/c1-3-32-14-8-11-19(32)16-26-22-29-23(27-17-9-6-4-5-7-10-17)31-24(30-22)28-18-12-13-21(33-2)20(25)15-18;1-25-14-9-8-12(10-13(14)18)21-17-23-15(19)22-16(24-17)20-11-6-4-2-3-5-7-11;1-2-9-5-3-4-7(9)6-8;/h12-13,15,17,19H,3-11,14,16H2,1-2H3,(H3,26,27,28,29,30,31);8-11H,2-7H2,1H3,(H2,20,21,22,23,24);7H,2-6,8H2,1H3;1H4. The van der Waals surface area contributed by atoms with Crippen molar-refractivity contribution in [2.45, 2.75) is 148 Å². The number of anilines is 7. The molecule has 4 heterocycles. The molecule has 0 bridgehead atoms. The molecular weight excluding hydrogens is 923 g/mol. The number of benzene rings is 2. The molecule has 2 aliphatic carbocycles. The zero-order valence-corrected chi connectivity index (χ0v) is 42.2. The number of nitrogens with one attached hydrogen (secondary N) is 5. The van der Waals surface area contributed by atoms with E-state index < -0.39 is 0 Å². The van der Waals surface area contributed by atoms with Gasteiger partial charge in [-0.2, -0.15) is 29.9 Å². The molecule has 2 aliphatic heterocycles. The minimum atomic E-state index is 0. The highest BCUT2D eigenvalue weighted by Gasteiger charge is 2.24. The number of nitrogens with two attached hydrogens (primary N) is 1. The molecule has 4 aliphatic rings. The van der Waals surface area contributed by atoms with E-state index >= 15 is 0 Å². The van der Waals surface area contributed by atoms with Gasteiger partial charge in [0.15, 0.2) is 0 Å². The van der Waals surface area contributed by atoms with Crippen molar-refractivity contribution in [1.29, 1.82) is 0 Å². The Labute approximate surface area is 420 Å². The molecule has 2 saturated carbocycles. The lowest BCUT2D eigenvalue weighted by atomic mass is 10.1. The summed E-state index contributed by atoms with van der Waals surface area (Å²) in [6.07, 6.45) is 19.8. The van der Waals surface area contributed by atoms with Crippen LogP contribution in [0.15, 0.2) is 36.4 Å². The number of aromatic nitrogens is 6. The van der Waals surface area contributed by atoms with E-state index in [1.165, 1.54) is 96.7 Å². The predicted molar refractivity (Wildman–Crippen MR) is 282 cm³/mol. The van der Waals surface area contributed by atoms with Gasteiger partial charge in [0.2, 0.25) is 35.0 Å². The average molecular weight is 1000 g/mol. The van der Waals surface area contributed by atoms with E-state index in [0.29, 0.717) is 75.5 Å². The van der Waals surface area contributed by atoms with Gasteiger partial charge in [0.25, 0.3) is 0 Å². The van der Waals surface area contributed by atoms with Crippen molar-refractivity contribution in [3.05, 3.63) is 51.7 Å². The van der Waals surface area contributed by atoms with Crippen LogP contribution in [0.2, 0.25) is 15.3 Å². The van der Waals surface area contributed by atoms with Gasteiger partial charge in [-0.3, -0.25) is 9.80 Å². The van der Waals surface area contributed by atoms with Gasteiger partial charge in [-0.1, -0.05) is 95.8 Å². The highest BCUT2D eigenvalue weighted by Crippen LogP contribution is 2.31. The first-order chi connectivity index (χ1) is 32.7. The fourth-order valence-corrected chi connectivity index (χ4v) is 10.0. The van der Waals surface area contributed by atoms with Gasteiger partial charge in [-0.25, -0.2) is 0 Å². The SMILES string of the molecule is C.CCN1CCCC1CN.CCN1CCCC1CNc1nc(Nc2ccc(OC)c(Cl)c2)nc(NC2CCCCCC2)n1.COc1ccc(Nc2nc(Cl)nc(NC3CCCCCC3)n2)cc1Cl. The molecule has 7 N–H and O–H groups in total. The number of halogens is 3. The molecule has 2 saturated heterocycles. The highest BCUT2D eigenvalue weighted by molar-refractivity contribution is 6.32. The van der Waals surface area contributed by atoms with Crippen LogP contribution >= 0.6 is 34.8 Å². The van der Waals surface area contributed by atoms with Crippen LogP contribution in [0.4, 0.5) is 41.1 Å².